The van der Waals surface area contributed by atoms with Crippen molar-refractivity contribution in [3.8, 4) is 0 Å². The van der Waals surface area contributed by atoms with Gasteiger partial charge in [-0.3, -0.25) is 0 Å². The Bertz CT molecular complexity index is 2220. The number of thiophene rings is 4. The Hall–Kier alpha value is -3.02. The highest BCUT2D eigenvalue weighted by atomic mass is 32.1. The molecule has 0 N–H and O–H groups in total. The summed E-state index contributed by atoms with van der Waals surface area (Å²) in [6.45, 7) is 4.40. The molecule has 0 aliphatic rings. The molecular formula is C32H18S4. The molecule has 0 atom stereocenters. The predicted molar refractivity (Wildman–Crippen MR) is 167 cm³/mol. The minimum absolute atomic E-state index is 1.34. The van der Waals surface area contributed by atoms with E-state index in [0.717, 1.165) is 0 Å². The third-order valence-corrected chi connectivity index (χ3v) is 11.8. The summed E-state index contributed by atoms with van der Waals surface area (Å²) in [4.78, 5) is 2.75. The van der Waals surface area contributed by atoms with E-state index in [2.05, 4.69) is 86.6 Å². The molecule has 4 heteroatoms. The molecule has 170 valence electrons. The van der Waals surface area contributed by atoms with E-state index < -0.39 is 0 Å². The van der Waals surface area contributed by atoms with Crippen molar-refractivity contribution in [3.05, 3.63) is 82.6 Å². The summed E-state index contributed by atoms with van der Waals surface area (Å²) in [5.41, 5.74) is 0. The van der Waals surface area contributed by atoms with E-state index in [0.29, 0.717) is 0 Å². The second-order valence-corrected chi connectivity index (χ2v) is 14.7. The highest BCUT2D eigenvalue weighted by Gasteiger charge is 2.14. The van der Waals surface area contributed by atoms with E-state index in [1.54, 1.807) is 0 Å². The molecule has 0 amide bonds. The molecule has 0 nitrogen and oxygen atoms in total. The summed E-state index contributed by atoms with van der Waals surface area (Å²) in [5.74, 6) is 0. The average Bonchev–Trinajstić information content (AvgIpc) is 3.58. The molecule has 9 rings (SSSR count). The van der Waals surface area contributed by atoms with Crippen molar-refractivity contribution < 1.29 is 0 Å². The summed E-state index contributed by atoms with van der Waals surface area (Å²) in [7, 11) is 0. The molecule has 0 saturated carbocycles. The smallest absolute Gasteiger partial charge is 0.0362 e. The van der Waals surface area contributed by atoms with Gasteiger partial charge in [0, 0.05) is 59.5 Å². The number of benzene rings is 5. The van der Waals surface area contributed by atoms with Crippen LogP contribution in [0.1, 0.15) is 9.75 Å². The Kier molecular flexibility index (Phi) is 3.82. The molecule has 0 bridgehead atoms. The highest BCUT2D eigenvalue weighted by molar-refractivity contribution is 7.27. The predicted octanol–water partition coefficient (Wildman–Crippen LogP) is 11.8. The van der Waals surface area contributed by atoms with Gasteiger partial charge < -0.3 is 0 Å². The van der Waals surface area contributed by atoms with Gasteiger partial charge in [0.25, 0.3) is 0 Å². The van der Waals surface area contributed by atoms with E-state index >= 15 is 0 Å². The maximum Gasteiger partial charge on any atom is 0.0362 e. The van der Waals surface area contributed by atoms with Crippen LogP contribution in [0.5, 0.6) is 0 Å². The Labute approximate surface area is 222 Å². The van der Waals surface area contributed by atoms with Crippen molar-refractivity contribution in [2.45, 2.75) is 13.8 Å². The van der Waals surface area contributed by atoms with Crippen LogP contribution >= 0.6 is 45.3 Å². The quantitative estimate of drug-likeness (QED) is 0.183. The minimum atomic E-state index is 1.34. The second-order valence-electron chi connectivity index (χ2n) is 9.93. The fourth-order valence-corrected chi connectivity index (χ4v) is 10.1. The van der Waals surface area contributed by atoms with Crippen LogP contribution in [0.4, 0.5) is 0 Å². The van der Waals surface area contributed by atoms with Gasteiger partial charge in [-0.15, -0.1) is 45.3 Å². The molecule has 0 unspecified atom stereocenters. The van der Waals surface area contributed by atoms with Crippen LogP contribution < -0.4 is 0 Å². The van der Waals surface area contributed by atoms with Crippen LogP contribution in [0.15, 0.2) is 72.8 Å². The first-order chi connectivity index (χ1) is 17.6. The number of hydrogen-bond acceptors (Lipinski definition) is 4. The number of aryl methyl sites for hydroxylation is 2. The van der Waals surface area contributed by atoms with E-state index in [9.17, 15) is 0 Å². The van der Waals surface area contributed by atoms with Gasteiger partial charge in [0.1, 0.15) is 0 Å². The molecule has 4 aromatic heterocycles. The average molecular weight is 531 g/mol. The first-order valence-electron chi connectivity index (χ1n) is 12.1. The molecule has 9 aromatic rings. The lowest BCUT2D eigenvalue weighted by Crippen LogP contribution is -1.74. The Morgan fingerprint density at radius 2 is 0.667 bits per heavy atom. The van der Waals surface area contributed by atoms with Gasteiger partial charge in [-0.05, 0) is 119 Å². The summed E-state index contributed by atoms with van der Waals surface area (Å²) in [5, 5.41) is 13.6. The molecule has 0 saturated heterocycles. The van der Waals surface area contributed by atoms with Crippen LogP contribution in [0.3, 0.4) is 0 Å². The molecule has 36 heavy (non-hydrogen) atoms. The first-order valence-corrected chi connectivity index (χ1v) is 15.3. The largest absolute Gasteiger partial charge is 0.141 e. The zero-order valence-corrected chi connectivity index (χ0v) is 22.8. The van der Waals surface area contributed by atoms with Gasteiger partial charge in [-0.2, -0.15) is 0 Å². The van der Waals surface area contributed by atoms with Gasteiger partial charge in [0.15, 0.2) is 0 Å². The highest BCUT2D eigenvalue weighted by Crippen LogP contribution is 2.44. The molecule has 0 radical (unpaired) electrons. The lowest BCUT2D eigenvalue weighted by Gasteiger charge is -2.01. The Balaban J connectivity index is 1.33. The van der Waals surface area contributed by atoms with Crippen molar-refractivity contribution in [1.82, 2.24) is 0 Å². The fraction of sp³-hybridized carbons (Fsp3) is 0.0625. The van der Waals surface area contributed by atoms with Crippen LogP contribution in [0.25, 0.3) is 82.1 Å². The van der Waals surface area contributed by atoms with Gasteiger partial charge in [-0.25, -0.2) is 0 Å². The molecule has 5 aromatic carbocycles. The monoisotopic (exact) mass is 530 g/mol. The van der Waals surface area contributed by atoms with Crippen molar-refractivity contribution >= 4 is 127 Å². The topological polar surface area (TPSA) is 0 Å². The van der Waals surface area contributed by atoms with Crippen LogP contribution in [-0.4, -0.2) is 0 Å². The van der Waals surface area contributed by atoms with Crippen molar-refractivity contribution in [3.63, 3.8) is 0 Å². The van der Waals surface area contributed by atoms with E-state index in [4.69, 9.17) is 0 Å². The third kappa shape index (κ3) is 2.73. The Morgan fingerprint density at radius 3 is 1.14 bits per heavy atom. The van der Waals surface area contributed by atoms with Crippen LogP contribution in [0.2, 0.25) is 0 Å². The van der Waals surface area contributed by atoms with Gasteiger partial charge in [0.2, 0.25) is 0 Å². The number of rotatable bonds is 0. The third-order valence-electron chi connectivity index (χ3n) is 7.50. The van der Waals surface area contributed by atoms with Gasteiger partial charge in [0.05, 0.1) is 0 Å². The Morgan fingerprint density at radius 1 is 0.306 bits per heavy atom. The summed E-state index contributed by atoms with van der Waals surface area (Å²) in [6, 6.07) is 28.6. The summed E-state index contributed by atoms with van der Waals surface area (Å²) in [6.07, 6.45) is 0. The van der Waals surface area contributed by atoms with Gasteiger partial charge >= 0.3 is 0 Å². The van der Waals surface area contributed by atoms with Crippen molar-refractivity contribution in [2.24, 2.45) is 0 Å². The summed E-state index contributed by atoms with van der Waals surface area (Å²) >= 11 is 7.64. The first kappa shape index (κ1) is 20.1. The maximum atomic E-state index is 2.44. The zero-order chi connectivity index (χ0) is 23.7. The number of hydrogen-bond donors (Lipinski definition) is 0. The molecule has 0 aliphatic carbocycles. The van der Waals surface area contributed by atoms with E-state index in [1.165, 1.54) is 91.8 Å². The second kappa shape index (κ2) is 6.84. The van der Waals surface area contributed by atoms with Gasteiger partial charge in [-0.1, -0.05) is 0 Å². The van der Waals surface area contributed by atoms with E-state index in [-0.39, 0.29) is 0 Å². The normalized spacial score (nSPS) is 12.7. The maximum absolute atomic E-state index is 2.44. The van der Waals surface area contributed by atoms with Crippen LogP contribution in [-0.2, 0) is 0 Å². The molecule has 0 aliphatic heterocycles. The van der Waals surface area contributed by atoms with Crippen LogP contribution in [0, 0.1) is 13.8 Å². The fourth-order valence-electron chi connectivity index (χ4n) is 5.87. The molecule has 0 fully saturated rings. The minimum Gasteiger partial charge on any atom is -0.141 e. The summed E-state index contributed by atoms with van der Waals surface area (Å²) < 4.78 is 8.30. The zero-order valence-electron chi connectivity index (χ0n) is 19.6. The molecular weight excluding hydrogens is 513 g/mol. The molecule has 4 heterocycles. The number of fused-ring (bicyclic) bond motifs is 10. The standard InChI is InChI=1S/C32H18S4/c1-15-3-21-5-17-7-23-25-13-32-26(14-31(25)35-29(23)11-19(17)9-27(21)33-15)24-8-18-6-22-4-16(2)34-28(22)10-20(18)12-30(24)36-32/h3-14H,1-2H3. The SMILES string of the molecule is Cc1cc2cc3cc4c(cc3cc2s1)sc1cc2c(cc14)sc1cc3cc4sc(C)cc4cc3cc12. The van der Waals surface area contributed by atoms with E-state index in [1.807, 2.05) is 45.3 Å². The van der Waals surface area contributed by atoms with Crippen molar-refractivity contribution in [1.29, 1.82) is 0 Å². The van der Waals surface area contributed by atoms with Crippen molar-refractivity contribution in [2.75, 3.05) is 0 Å². The lowest BCUT2D eigenvalue weighted by molar-refractivity contribution is 1.66. The lowest BCUT2D eigenvalue weighted by atomic mass is 10.0. The molecule has 0 spiro atoms.